The highest BCUT2D eigenvalue weighted by atomic mass is 32.2. The Kier molecular flexibility index (Phi) is 4.10. The summed E-state index contributed by atoms with van der Waals surface area (Å²) in [5, 5.41) is -6.70. The van der Waals surface area contributed by atoms with Gasteiger partial charge in [-0.1, -0.05) is 0 Å². The lowest BCUT2D eigenvalue weighted by atomic mass is 10.2. The van der Waals surface area contributed by atoms with Crippen LogP contribution in [0.5, 0.6) is 0 Å². The average molecular weight is 307 g/mol. The van der Waals surface area contributed by atoms with Gasteiger partial charge in [-0.25, -0.2) is 17.2 Å². The zero-order chi connectivity index (χ0) is 15.0. The normalized spacial score (nSPS) is 14.5. The lowest BCUT2D eigenvalue weighted by Gasteiger charge is -2.30. The molecular formula is C4HF8N3O2S. The molecule has 0 aromatic carbocycles. The van der Waals surface area contributed by atoms with Crippen molar-refractivity contribution in [3.63, 3.8) is 0 Å². The summed E-state index contributed by atoms with van der Waals surface area (Å²) < 4.78 is 120. The van der Waals surface area contributed by atoms with E-state index in [-0.39, 0.29) is 0 Å². The van der Waals surface area contributed by atoms with Gasteiger partial charge in [0.1, 0.15) is 0 Å². The SMILES string of the molecule is [N-]=[N+]=NS(=O)(=O)C(F)(F)C(F)(F)C(F)(F)C(F)F. The zero-order valence-electron chi connectivity index (χ0n) is 7.67. The van der Waals surface area contributed by atoms with Crippen molar-refractivity contribution in [2.24, 2.45) is 4.52 Å². The molecule has 5 nitrogen and oxygen atoms in total. The fraction of sp³-hybridized carbons (Fsp3) is 1.00. The van der Waals surface area contributed by atoms with Crippen LogP contribution in [0.25, 0.3) is 10.4 Å². The molecule has 0 heterocycles. The molecule has 0 saturated carbocycles. The summed E-state index contributed by atoms with van der Waals surface area (Å²) in [5.41, 5.74) is 7.51. The van der Waals surface area contributed by atoms with Crippen LogP contribution in [0.2, 0.25) is 0 Å². The predicted molar refractivity (Wildman–Crippen MR) is 38.9 cm³/mol. The Morgan fingerprint density at radius 2 is 1.44 bits per heavy atom. The van der Waals surface area contributed by atoms with E-state index in [2.05, 4.69) is 0 Å². The van der Waals surface area contributed by atoms with Crippen molar-refractivity contribution in [3.05, 3.63) is 10.4 Å². The second-order valence-electron chi connectivity index (χ2n) is 2.66. The fourth-order valence-electron chi connectivity index (χ4n) is 0.592. The number of azide groups is 1. The van der Waals surface area contributed by atoms with Gasteiger partial charge < -0.3 is 0 Å². The minimum atomic E-state index is -6.97. The molecular weight excluding hydrogens is 306 g/mol. The van der Waals surface area contributed by atoms with Crippen molar-refractivity contribution < 1.29 is 43.5 Å². The minimum Gasteiger partial charge on any atom is -0.214 e. The van der Waals surface area contributed by atoms with Gasteiger partial charge in [-0.15, -0.1) is 0 Å². The number of sulfonamides is 1. The van der Waals surface area contributed by atoms with Crippen LogP contribution in [0.15, 0.2) is 4.52 Å². The van der Waals surface area contributed by atoms with E-state index in [9.17, 15) is 43.5 Å². The molecule has 0 aromatic heterocycles. The highest BCUT2D eigenvalue weighted by Gasteiger charge is 2.80. The molecule has 0 spiro atoms. The van der Waals surface area contributed by atoms with Crippen LogP contribution in [-0.4, -0.2) is 31.9 Å². The topological polar surface area (TPSA) is 82.9 Å². The van der Waals surface area contributed by atoms with Gasteiger partial charge in [-0.3, -0.25) is 0 Å². The maximum atomic E-state index is 12.6. The molecule has 0 unspecified atom stereocenters. The molecule has 0 amide bonds. The summed E-state index contributed by atoms with van der Waals surface area (Å²) in [5.74, 6) is -13.6. The van der Waals surface area contributed by atoms with E-state index < -0.39 is 33.5 Å². The van der Waals surface area contributed by atoms with E-state index in [1.807, 2.05) is 0 Å². The number of nitrogens with zero attached hydrogens (tertiary/aromatic N) is 3. The van der Waals surface area contributed by atoms with E-state index in [4.69, 9.17) is 5.53 Å². The maximum absolute atomic E-state index is 12.6. The van der Waals surface area contributed by atoms with Crippen molar-refractivity contribution in [1.29, 1.82) is 0 Å². The molecule has 14 heteroatoms. The number of hydrogen-bond acceptors (Lipinski definition) is 2. The van der Waals surface area contributed by atoms with Crippen molar-refractivity contribution in [2.75, 3.05) is 0 Å². The zero-order valence-corrected chi connectivity index (χ0v) is 8.48. The summed E-state index contributed by atoms with van der Waals surface area (Å²) in [7, 11) is -6.77. The van der Waals surface area contributed by atoms with Crippen LogP contribution in [0.1, 0.15) is 0 Å². The molecule has 0 bridgehead atoms. The lowest BCUT2D eigenvalue weighted by molar-refractivity contribution is -0.314. The third-order valence-electron chi connectivity index (χ3n) is 1.53. The highest BCUT2D eigenvalue weighted by Crippen LogP contribution is 2.51. The van der Waals surface area contributed by atoms with Crippen molar-refractivity contribution in [1.82, 2.24) is 0 Å². The Morgan fingerprint density at radius 3 is 1.72 bits per heavy atom. The Balaban J connectivity index is 5.98. The van der Waals surface area contributed by atoms with Crippen LogP contribution in [0.3, 0.4) is 0 Å². The van der Waals surface area contributed by atoms with Gasteiger partial charge in [0, 0.05) is 9.43 Å². The predicted octanol–water partition coefficient (Wildman–Crippen LogP) is 2.75. The molecule has 0 aromatic rings. The van der Waals surface area contributed by atoms with Gasteiger partial charge in [0.15, 0.2) is 0 Å². The van der Waals surface area contributed by atoms with E-state index in [1.54, 1.807) is 0 Å². The standard InChI is InChI=1S/C4HF8N3O2S/c5-1(6)2(7,8)3(9,10)4(11,12)18(16,17)15-14-13/h1H. The summed E-state index contributed by atoms with van der Waals surface area (Å²) in [6.07, 6.45) is -5.26. The molecule has 0 aliphatic carbocycles. The van der Waals surface area contributed by atoms with Crippen LogP contribution in [0, 0.1) is 0 Å². The van der Waals surface area contributed by atoms with Crippen molar-refractivity contribution >= 4 is 10.0 Å². The van der Waals surface area contributed by atoms with Gasteiger partial charge in [0.2, 0.25) is 0 Å². The monoisotopic (exact) mass is 307 g/mol. The molecule has 0 rings (SSSR count). The van der Waals surface area contributed by atoms with Crippen LogP contribution < -0.4 is 0 Å². The molecule has 0 radical (unpaired) electrons. The molecule has 18 heavy (non-hydrogen) atoms. The van der Waals surface area contributed by atoms with E-state index in [0.29, 0.717) is 0 Å². The quantitative estimate of drug-likeness (QED) is 0.338. The van der Waals surface area contributed by atoms with Crippen LogP contribution >= 0.6 is 0 Å². The summed E-state index contributed by atoms with van der Waals surface area (Å²) in [6.45, 7) is 0. The maximum Gasteiger partial charge on any atom is 0.421 e. The molecule has 0 fully saturated rings. The van der Waals surface area contributed by atoms with Gasteiger partial charge in [-0.2, -0.15) is 26.3 Å². The third kappa shape index (κ3) is 2.16. The average Bonchev–Trinajstić information content (AvgIpc) is 2.16. The van der Waals surface area contributed by atoms with Crippen molar-refractivity contribution in [3.8, 4) is 0 Å². The highest BCUT2D eigenvalue weighted by molar-refractivity contribution is 7.91. The van der Waals surface area contributed by atoms with E-state index in [1.165, 1.54) is 9.43 Å². The molecule has 106 valence electrons. The summed E-state index contributed by atoms with van der Waals surface area (Å²) >= 11 is 0. The fourth-order valence-corrected chi connectivity index (χ4v) is 1.25. The number of rotatable bonds is 5. The lowest BCUT2D eigenvalue weighted by Crippen LogP contribution is -2.60. The van der Waals surface area contributed by atoms with Crippen LogP contribution in [-0.2, 0) is 10.0 Å². The molecule has 0 atom stereocenters. The molecule has 0 aliphatic rings. The second-order valence-corrected chi connectivity index (χ2v) is 4.29. The van der Waals surface area contributed by atoms with Crippen molar-refractivity contribution in [2.45, 2.75) is 23.5 Å². The number of halogens is 8. The van der Waals surface area contributed by atoms with Gasteiger partial charge in [0.05, 0.1) is 0 Å². The van der Waals surface area contributed by atoms with E-state index >= 15 is 0 Å². The minimum absolute atomic E-state index is 1.21. The first-order valence-corrected chi connectivity index (χ1v) is 4.92. The first-order valence-electron chi connectivity index (χ1n) is 3.48. The number of hydrogen-bond donors (Lipinski definition) is 0. The Labute approximate surface area is 93.1 Å². The molecule has 0 aliphatic heterocycles. The Bertz CT molecular complexity index is 467. The molecule has 0 saturated heterocycles. The Morgan fingerprint density at radius 1 is 1.06 bits per heavy atom. The van der Waals surface area contributed by atoms with Crippen LogP contribution in [0.4, 0.5) is 35.1 Å². The van der Waals surface area contributed by atoms with Gasteiger partial charge in [-0.05, 0) is 5.53 Å². The first kappa shape index (κ1) is 16.7. The smallest absolute Gasteiger partial charge is 0.214 e. The van der Waals surface area contributed by atoms with E-state index in [0.717, 1.165) is 0 Å². The van der Waals surface area contributed by atoms with Gasteiger partial charge >= 0.3 is 33.5 Å². The van der Waals surface area contributed by atoms with Gasteiger partial charge in [0.25, 0.3) is 0 Å². The molecule has 0 N–H and O–H groups in total. The summed E-state index contributed by atoms with van der Waals surface area (Å²) in [4.78, 5) is 1.21. The third-order valence-corrected chi connectivity index (χ3v) is 2.72. The second kappa shape index (κ2) is 4.42. The first-order chi connectivity index (χ1) is 7.75. The Hall–Kier alpha value is -1.30. The number of alkyl halides is 8. The summed E-state index contributed by atoms with van der Waals surface area (Å²) in [6, 6.07) is 0. The largest absolute Gasteiger partial charge is 0.421 e.